The lowest BCUT2D eigenvalue weighted by Gasteiger charge is -2.04. The third-order valence-corrected chi connectivity index (χ3v) is 3.96. The molecule has 3 heteroatoms. The largest absolute Gasteiger partial charge is 0.240 e. The van der Waals surface area contributed by atoms with Gasteiger partial charge >= 0.3 is 0 Å². The summed E-state index contributed by atoms with van der Waals surface area (Å²) in [5, 5.41) is 12.1. The molecule has 0 spiro atoms. The van der Waals surface area contributed by atoms with Gasteiger partial charge in [0.15, 0.2) is 0 Å². The van der Waals surface area contributed by atoms with Gasteiger partial charge in [0.05, 0.1) is 17.7 Å². The van der Waals surface area contributed by atoms with E-state index in [2.05, 4.69) is 43.1 Å². The van der Waals surface area contributed by atoms with E-state index >= 15 is 0 Å². The summed E-state index contributed by atoms with van der Waals surface area (Å²) in [6.45, 7) is 6.20. The number of rotatable bonds is 3. The van der Waals surface area contributed by atoms with Crippen LogP contribution in [0, 0.1) is 25.2 Å². The van der Waals surface area contributed by atoms with Crippen LogP contribution in [0.1, 0.15) is 36.1 Å². The first-order chi connectivity index (χ1) is 8.65. The summed E-state index contributed by atoms with van der Waals surface area (Å²) >= 11 is 1.62. The van der Waals surface area contributed by atoms with Crippen LogP contribution in [0.5, 0.6) is 0 Å². The third-order valence-electron chi connectivity index (χ3n) is 3.07. The number of hydrogen-bond donors (Lipinski definition) is 0. The monoisotopic (exact) mass is 256 g/mol. The summed E-state index contributed by atoms with van der Waals surface area (Å²) in [4.78, 5) is 4.62. The Morgan fingerprint density at radius 2 is 2.17 bits per heavy atom. The topological polar surface area (TPSA) is 36.7 Å². The maximum absolute atomic E-state index is 9.07. The fraction of sp³-hybridized carbons (Fsp3) is 0.333. The summed E-state index contributed by atoms with van der Waals surface area (Å²) in [6, 6.07) is 8.69. The predicted octanol–water partition coefficient (Wildman–Crippen LogP) is 4.44. The van der Waals surface area contributed by atoms with Crippen molar-refractivity contribution in [3.63, 3.8) is 0 Å². The molecule has 2 aromatic rings. The molecule has 92 valence electrons. The molecule has 1 heterocycles. The number of hydrogen-bond acceptors (Lipinski definition) is 3. The SMILES string of the molecule is CCC(C#N)c1csc(-c2cc(C)ccc2C)n1. The van der Waals surface area contributed by atoms with Crippen molar-refractivity contribution in [2.24, 2.45) is 0 Å². The lowest BCUT2D eigenvalue weighted by molar-refractivity contribution is 0.795. The Labute approximate surface area is 112 Å². The quantitative estimate of drug-likeness (QED) is 0.813. The van der Waals surface area contributed by atoms with Crippen molar-refractivity contribution >= 4 is 11.3 Å². The molecule has 0 aliphatic heterocycles. The first kappa shape index (κ1) is 12.8. The van der Waals surface area contributed by atoms with Gasteiger partial charge in [0, 0.05) is 10.9 Å². The molecule has 1 unspecified atom stereocenters. The number of nitriles is 1. The highest BCUT2D eigenvalue weighted by Gasteiger charge is 2.14. The van der Waals surface area contributed by atoms with Gasteiger partial charge in [0.2, 0.25) is 0 Å². The van der Waals surface area contributed by atoms with Crippen LogP contribution in [0.3, 0.4) is 0 Å². The van der Waals surface area contributed by atoms with E-state index in [9.17, 15) is 0 Å². The molecule has 2 rings (SSSR count). The van der Waals surface area contributed by atoms with Crippen LogP contribution in [-0.4, -0.2) is 4.98 Å². The first-order valence-corrected chi connectivity index (χ1v) is 6.96. The molecule has 0 aliphatic rings. The van der Waals surface area contributed by atoms with Gasteiger partial charge in [-0.15, -0.1) is 11.3 Å². The zero-order valence-electron chi connectivity index (χ0n) is 10.9. The zero-order valence-corrected chi connectivity index (χ0v) is 11.7. The minimum Gasteiger partial charge on any atom is -0.240 e. The van der Waals surface area contributed by atoms with Crippen LogP contribution in [0.15, 0.2) is 23.6 Å². The van der Waals surface area contributed by atoms with E-state index in [4.69, 9.17) is 5.26 Å². The average Bonchev–Trinajstić information content (AvgIpc) is 2.83. The Hall–Kier alpha value is -1.66. The number of aromatic nitrogens is 1. The highest BCUT2D eigenvalue weighted by Crippen LogP contribution is 2.30. The molecule has 1 aromatic carbocycles. The molecule has 2 nitrogen and oxygen atoms in total. The highest BCUT2D eigenvalue weighted by atomic mass is 32.1. The fourth-order valence-corrected chi connectivity index (χ4v) is 2.86. The molecule has 0 saturated carbocycles. The van der Waals surface area contributed by atoms with E-state index in [0.29, 0.717) is 0 Å². The summed E-state index contributed by atoms with van der Waals surface area (Å²) in [6.07, 6.45) is 0.812. The minimum absolute atomic E-state index is 0.0832. The van der Waals surface area contributed by atoms with E-state index in [0.717, 1.165) is 17.1 Å². The molecule has 0 saturated heterocycles. The second-order valence-corrected chi connectivity index (χ2v) is 5.34. The van der Waals surface area contributed by atoms with Crippen LogP contribution in [0.4, 0.5) is 0 Å². The predicted molar refractivity (Wildman–Crippen MR) is 75.7 cm³/mol. The van der Waals surface area contributed by atoms with E-state index in [1.165, 1.54) is 16.7 Å². The van der Waals surface area contributed by atoms with E-state index in [-0.39, 0.29) is 5.92 Å². The summed E-state index contributed by atoms with van der Waals surface area (Å²) in [7, 11) is 0. The van der Waals surface area contributed by atoms with Gasteiger partial charge < -0.3 is 0 Å². The Bertz CT molecular complexity index is 593. The molecule has 0 fully saturated rings. The maximum atomic E-state index is 9.07. The molecule has 0 aliphatic carbocycles. The van der Waals surface area contributed by atoms with Crippen molar-refractivity contribution in [2.45, 2.75) is 33.1 Å². The second-order valence-electron chi connectivity index (χ2n) is 4.49. The summed E-state index contributed by atoms with van der Waals surface area (Å²) in [5.74, 6) is -0.0832. The van der Waals surface area contributed by atoms with Crippen molar-refractivity contribution in [2.75, 3.05) is 0 Å². The van der Waals surface area contributed by atoms with Crippen LogP contribution in [-0.2, 0) is 0 Å². The van der Waals surface area contributed by atoms with Crippen molar-refractivity contribution in [1.29, 1.82) is 5.26 Å². The molecule has 1 aromatic heterocycles. The number of thiazole rings is 1. The van der Waals surface area contributed by atoms with Crippen LogP contribution < -0.4 is 0 Å². The number of aryl methyl sites for hydroxylation is 2. The summed E-state index contributed by atoms with van der Waals surface area (Å²) in [5.41, 5.74) is 4.55. The van der Waals surface area contributed by atoms with Crippen LogP contribution in [0.2, 0.25) is 0 Å². The van der Waals surface area contributed by atoms with E-state index < -0.39 is 0 Å². The van der Waals surface area contributed by atoms with Crippen molar-refractivity contribution in [3.05, 3.63) is 40.4 Å². The van der Waals surface area contributed by atoms with Gasteiger partial charge in [-0.25, -0.2) is 4.98 Å². The fourth-order valence-electron chi connectivity index (χ4n) is 1.90. The Morgan fingerprint density at radius 3 is 2.83 bits per heavy atom. The molecular formula is C15H16N2S. The number of benzene rings is 1. The van der Waals surface area contributed by atoms with E-state index in [1.807, 2.05) is 12.3 Å². The molecule has 0 N–H and O–H groups in total. The zero-order chi connectivity index (χ0) is 13.1. The van der Waals surface area contributed by atoms with Gasteiger partial charge in [-0.05, 0) is 31.9 Å². The maximum Gasteiger partial charge on any atom is 0.123 e. The highest BCUT2D eigenvalue weighted by molar-refractivity contribution is 7.13. The smallest absolute Gasteiger partial charge is 0.123 e. The van der Waals surface area contributed by atoms with Crippen LogP contribution >= 0.6 is 11.3 Å². The van der Waals surface area contributed by atoms with Crippen molar-refractivity contribution in [3.8, 4) is 16.6 Å². The van der Waals surface area contributed by atoms with Gasteiger partial charge in [0.1, 0.15) is 5.01 Å². The summed E-state index contributed by atoms with van der Waals surface area (Å²) < 4.78 is 0. The first-order valence-electron chi connectivity index (χ1n) is 6.08. The Morgan fingerprint density at radius 1 is 1.39 bits per heavy atom. The van der Waals surface area contributed by atoms with Gasteiger partial charge in [-0.1, -0.05) is 24.6 Å². The number of nitrogens with zero attached hydrogens (tertiary/aromatic N) is 2. The lowest BCUT2D eigenvalue weighted by Crippen LogP contribution is -1.94. The van der Waals surface area contributed by atoms with E-state index in [1.54, 1.807) is 11.3 Å². The van der Waals surface area contributed by atoms with Gasteiger partial charge in [-0.2, -0.15) is 5.26 Å². The lowest BCUT2D eigenvalue weighted by atomic mass is 10.0. The molecule has 0 radical (unpaired) electrons. The molecule has 1 atom stereocenters. The Balaban J connectivity index is 2.41. The molecule has 18 heavy (non-hydrogen) atoms. The molecular weight excluding hydrogens is 240 g/mol. The van der Waals surface area contributed by atoms with Gasteiger partial charge in [-0.3, -0.25) is 0 Å². The third kappa shape index (κ3) is 2.44. The molecule has 0 bridgehead atoms. The normalized spacial score (nSPS) is 12.1. The average molecular weight is 256 g/mol. The standard InChI is InChI=1S/C15H16N2S/c1-4-12(8-16)14-9-18-15(17-14)13-7-10(2)5-6-11(13)3/h5-7,9,12H,4H2,1-3H3. The minimum atomic E-state index is -0.0832. The molecule has 0 amide bonds. The second kappa shape index (κ2) is 5.32. The van der Waals surface area contributed by atoms with Crippen LogP contribution in [0.25, 0.3) is 10.6 Å². The Kier molecular flexibility index (Phi) is 3.78. The van der Waals surface area contributed by atoms with Gasteiger partial charge in [0.25, 0.3) is 0 Å². The van der Waals surface area contributed by atoms with Crippen molar-refractivity contribution in [1.82, 2.24) is 4.98 Å². The van der Waals surface area contributed by atoms with Crippen molar-refractivity contribution < 1.29 is 0 Å².